The maximum absolute atomic E-state index is 11.1. The SMILES string of the molecule is CC(=O)N1CCC1C(C#N)C(C)C. The van der Waals surface area contributed by atoms with E-state index in [1.807, 2.05) is 13.8 Å². The van der Waals surface area contributed by atoms with E-state index in [9.17, 15) is 4.79 Å². The van der Waals surface area contributed by atoms with E-state index in [2.05, 4.69) is 6.07 Å². The van der Waals surface area contributed by atoms with Crippen LogP contribution in [0.2, 0.25) is 0 Å². The Kier molecular flexibility index (Phi) is 2.92. The number of rotatable bonds is 2. The maximum atomic E-state index is 11.1. The monoisotopic (exact) mass is 180 g/mol. The minimum absolute atomic E-state index is 0.00218. The van der Waals surface area contributed by atoms with Crippen molar-refractivity contribution in [1.29, 1.82) is 5.26 Å². The molecule has 13 heavy (non-hydrogen) atoms. The van der Waals surface area contributed by atoms with Gasteiger partial charge in [-0.25, -0.2) is 0 Å². The fourth-order valence-electron chi connectivity index (χ4n) is 1.85. The lowest BCUT2D eigenvalue weighted by molar-refractivity contribution is -0.138. The molecular formula is C10H16N2O. The van der Waals surface area contributed by atoms with Crippen molar-refractivity contribution in [3.63, 3.8) is 0 Å². The molecule has 72 valence electrons. The van der Waals surface area contributed by atoms with Gasteiger partial charge in [0.1, 0.15) is 0 Å². The summed E-state index contributed by atoms with van der Waals surface area (Å²) in [4.78, 5) is 12.9. The molecule has 3 nitrogen and oxygen atoms in total. The summed E-state index contributed by atoms with van der Waals surface area (Å²) in [6.45, 7) is 6.46. The zero-order chi connectivity index (χ0) is 10.0. The third-order valence-corrected chi connectivity index (χ3v) is 2.75. The highest BCUT2D eigenvalue weighted by atomic mass is 16.2. The van der Waals surface area contributed by atoms with E-state index in [-0.39, 0.29) is 17.9 Å². The van der Waals surface area contributed by atoms with E-state index < -0.39 is 0 Å². The predicted molar refractivity (Wildman–Crippen MR) is 49.7 cm³/mol. The van der Waals surface area contributed by atoms with E-state index in [0.717, 1.165) is 13.0 Å². The molecule has 2 unspecified atom stereocenters. The van der Waals surface area contributed by atoms with Crippen LogP contribution in [0.3, 0.4) is 0 Å². The Balaban J connectivity index is 2.62. The zero-order valence-electron chi connectivity index (χ0n) is 8.45. The Hall–Kier alpha value is -1.04. The lowest BCUT2D eigenvalue weighted by Gasteiger charge is -2.44. The molecule has 0 radical (unpaired) electrons. The van der Waals surface area contributed by atoms with Gasteiger partial charge >= 0.3 is 0 Å². The van der Waals surface area contributed by atoms with Crippen LogP contribution < -0.4 is 0 Å². The molecule has 1 rings (SSSR count). The van der Waals surface area contributed by atoms with Crippen LogP contribution in [0.15, 0.2) is 0 Å². The van der Waals surface area contributed by atoms with Gasteiger partial charge in [0.25, 0.3) is 0 Å². The summed E-state index contributed by atoms with van der Waals surface area (Å²) in [7, 11) is 0. The van der Waals surface area contributed by atoms with Gasteiger partial charge in [0.15, 0.2) is 0 Å². The number of nitriles is 1. The first-order valence-corrected chi connectivity index (χ1v) is 4.74. The van der Waals surface area contributed by atoms with E-state index in [4.69, 9.17) is 5.26 Å². The Morgan fingerprint density at radius 3 is 2.46 bits per heavy atom. The molecule has 3 heteroatoms. The summed E-state index contributed by atoms with van der Waals surface area (Å²) >= 11 is 0. The molecule has 0 aliphatic carbocycles. The first-order chi connectivity index (χ1) is 6.07. The van der Waals surface area contributed by atoms with E-state index in [0.29, 0.717) is 5.92 Å². The van der Waals surface area contributed by atoms with Crippen molar-refractivity contribution in [1.82, 2.24) is 4.90 Å². The zero-order valence-corrected chi connectivity index (χ0v) is 8.45. The number of likely N-dealkylation sites (tertiary alicyclic amines) is 1. The molecule has 1 fully saturated rings. The number of hydrogen-bond donors (Lipinski definition) is 0. The van der Waals surface area contributed by atoms with Gasteiger partial charge in [-0.1, -0.05) is 13.8 Å². The number of carbonyl (C=O) groups is 1. The van der Waals surface area contributed by atoms with Crippen LogP contribution in [-0.4, -0.2) is 23.4 Å². The second-order valence-corrected chi connectivity index (χ2v) is 3.97. The molecule has 0 bridgehead atoms. The molecule has 0 N–H and O–H groups in total. The molecule has 1 saturated heterocycles. The van der Waals surface area contributed by atoms with E-state index in [1.54, 1.807) is 11.8 Å². The van der Waals surface area contributed by atoms with Crippen molar-refractivity contribution in [3.8, 4) is 6.07 Å². The summed E-state index contributed by atoms with van der Waals surface area (Å²) < 4.78 is 0. The number of nitrogens with zero attached hydrogens (tertiary/aromatic N) is 2. The second kappa shape index (κ2) is 3.78. The Labute approximate surface area is 79.3 Å². The Bertz CT molecular complexity index is 242. The van der Waals surface area contributed by atoms with Crippen molar-refractivity contribution < 1.29 is 4.79 Å². The van der Waals surface area contributed by atoms with Crippen LogP contribution in [0.25, 0.3) is 0 Å². The molecule has 0 aromatic carbocycles. The number of hydrogen-bond acceptors (Lipinski definition) is 2. The maximum Gasteiger partial charge on any atom is 0.219 e. The summed E-state index contributed by atoms with van der Waals surface area (Å²) in [5.74, 6) is 0.423. The van der Waals surface area contributed by atoms with Gasteiger partial charge in [-0.05, 0) is 12.3 Å². The highest BCUT2D eigenvalue weighted by molar-refractivity contribution is 5.74. The van der Waals surface area contributed by atoms with Crippen LogP contribution in [0.4, 0.5) is 0 Å². The third kappa shape index (κ3) is 1.82. The van der Waals surface area contributed by atoms with Gasteiger partial charge in [0, 0.05) is 19.5 Å². The second-order valence-electron chi connectivity index (χ2n) is 3.97. The lowest BCUT2D eigenvalue weighted by atomic mass is 9.82. The summed E-state index contributed by atoms with van der Waals surface area (Å²) in [6, 6.07) is 2.46. The Morgan fingerprint density at radius 1 is 1.62 bits per heavy atom. The van der Waals surface area contributed by atoms with Crippen LogP contribution in [-0.2, 0) is 4.79 Å². The average molecular weight is 180 g/mol. The minimum atomic E-state index is -0.00218. The summed E-state index contributed by atoms with van der Waals surface area (Å²) in [6.07, 6.45) is 0.982. The molecule has 0 aromatic heterocycles. The quantitative estimate of drug-likeness (QED) is 0.644. The normalized spacial score (nSPS) is 23.6. The molecule has 1 amide bonds. The molecule has 1 heterocycles. The molecule has 1 aliphatic rings. The van der Waals surface area contributed by atoms with Crippen LogP contribution in [0.1, 0.15) is 27.2 Å². The molecule has 2 atom stereocenters. The van der Waals surface area contributed by atoms with Crippen molar-refractivity contribution >= 4 is 5.91 Å². The van der Waals surface area contributed by atoms with Gasteiger partial charge in [-0.15, -0.1) is 0 Å². The van der Waals surface area contributed by atoms with Gasteiger partial charge < -0.3 is 4.90 Å². The van der Waals surface area contributed by atoms with Gasteiger partial charge in [0.05, 0.1) is 12.0 Å². The fraction of sp³-hybridized carbons (Fsp3) is 0.800. The minimum Gasteiger partial charge on any atom is -0.338 e. The van der Waals surface area contributed by atoms with Crippen molar-refractivity contribution in [2.75, 3.05) is 6.54 Å². The first-order valence-electron chi connectivity index (χ1n) is 4.74. The smallest absolute Gasteiger partial charge is 0.219 e. The molecular weight excluding hydrogens is 164 g/mol. The van der Waals surface area contributed by atoms with E-state index in [1.165, 1.54) is 0 Å². The van der Waals surface area contributed by atoms with Crippen LogP contribution >= 0.6 is 0 Å². The average Bonchev–Trinajstić information content (AvgIpc) is 1.95. The number of carbonyl (C=O) groups excluding carboxylic acids is 1. The molecule has 0 spiro atoms. The van der Waals surface area contributed by atoms with Gasteiger partial charge in [0.2, 0.25) is 5.91 Å². The lowest BCUT2D eigenvalue weighted by Crippen LogP contribution is -2.54. The molecule has 0 aromatic rings. The summed E-state index contributed by atoms with van der Waals surface area (Å²) in [5.41, 5.74) is 0. The summed E-state index contributed by atoms with van der Waals surface area (Å²) in [5, 5.41) is 8.94. The number of amides is 1. The standard InChI is InChI=1S/C10H16N2O/c1-7(2)9(6-11)10-4-5-12(10)8(3)13/h7,9-10H,4-5H2,1-3H3. The Morgan fingerprint density at radius 2 is 2.23 bits per heavy atom. The van der Waals surface area contributed by atoms with E-state index >= 15 is 0 Å². The van der Waals surface area contributed by atoms with Gasteiger partial charge in [-0.3, -0.25) is 4.79 Å². The fourth-order valence-corrected chi connectivity index (χ4v) is 1.85. The van der Waals surface area contributed by atoms with Crippen molar-refractivity contribution in [2.24, 2.45) is 11.8 Å². The van der Waals surface area contributed by atoms with Crippen molar-refractivity contribution in [2.45, 2.75) is 33.2 Å². The molecule has 0 saturated carbocycles. The van der Waals surface area contributed by atoms with Gasteiger partial charge in [-0.2, -0.15) is 5.26 Å². The molecule has 1 aliphatic heterocycles. The topological polar surface area (TPSA) is 44.1 Å². The largest absolute Gasteiger partial charge is 0.338 e. The highest BCUT2D eigenvalue weighted by Crippen LogP contribution is 2.29. The highest BCUT2D eigenvalue weighted by Gasteiger charge is 2.37. The third-order valence-electron chi connectivity index (χ3n) is 2.75. The van der Waals surface area contributed by atoms with Crippen molar-refractivity contribution in [3.05, 3.63) is 0 Å². The first kappa shape index (κ1) is 10.0. The van der Waals surface area contributed by atoms with Crippen LogP contribution in [0.5, 0.6) is 0 Å². The predicted octanol–water partition coefficient (Wildman–Crippen LogP) is 1.40. The van der Waals surface area contributed by atoms with Crippen LogP contribution in [0, 0.1) is 23.2 Å².